The summed E-state index contributed by atoms with van der Waals surface area (Å²) < 4.78 is 2.21. The number of fused-ring (bicyclic) bond motifs is 1. The molecule has 0 saturated heterocycles. The van der Waals surface area contributed by atoms with Crippen molar-refractivity contribution < 1.29 is 0 Å². The summed E-state index contributed by atoms with van der Waals surface area (Å²) in [6, 6.07) is 6.36. The number of nitrogens with two attached hydrogens (primary N) is 1. The van der Waals surface area contributed by atoms with Gasteiger partial charge in [-0.1, -0.05) is 24.1 Å². The summed E-state index contributed by atoms with van der Waals surface area (Å²) in [5.41, 5.74) is 8.30. The van der Waals surface area contributed by atoms with Crippen LogP contribution in [0.15, 0.2) is 28.1 Å². The molecule has 1 fully saturated rings. The van der Waals surface area contributed by atoms with Crippen LogP contribution in [0.2, 0.25) is 5.15 Å². The third-order valence-electron chi connectivity index (χ3n) is 4.52. The maximum absolute atomic E-state index is 6.32. The lowest BCUT2D eigenvalue weighted by atomic mass is 10.0. The number of hydrogen-bond acceptors (Lipinski definition) is 5. The highest BCUT2D eigenvalue weighted by molar-refractivity contribution is 9.10. The zero-order valence-corrected chi connectivity index (χ0v) is 16.9. The van der Waals surface area contributed by atoms with Gasteiger partial charge in [-0.25, -0.2) is 4.98 Å². The highest BCUT2D eigenvalue weighted by Gasteiger charge is 2.30. The Kier molecular flexibility index (Phi) is 4.84. The quantitative estimate of drug-likeness (QED) is 0.489. The molecule has 0 unspecified atom stereocenters. The Balaban J connectivity index is 1.73. The average molecular weight is 443 g/mol. The molecule has 3 heterocycles. The van der Waals surface area contributed by atoms with Crippen molar-refractivity contribution in [3.8, 4) is 0 Å². The Morgan fingerprint density at radius 2 is 2.29 bits per heavy atom. The van der Waals surface area contributed by atoms with Gasteiger partial charge in [0.1, 0.15) is 5.15 Å². The van der Waals surface area contributed by atoms with Crippen LogP contribution in [-0.2, 0) is 6.54 Å². The largest absolute Gasteiger partial charge is 0.379 e. The fourth-order valence-electron chi connectivity index (χ4n) is 3.31. The van der Waals surface area contributed by atoms with Gasteiger partial charge >= 0.3 is 0 Å². The number of thiophene rings is 2. The van der Waals surface area contributed by atoms with Gasteiger partial charge in [0, 0.05) is 34.3 Å². The van der Waals surface area contributed by atoms with Gasteiger partial charge in [0.25, 0.3) is 0 Å². The summed E-state index contributed by atoms with van der Waals surface area (Å²) in [6.45, 7) is 0.793. The lowest BCUT2D eigenvalue weighted by molar-refractivity contribution is 0.620. The molecule has 3 N–H and O–H groups in total. The van der Waals surface area contributed by atoms with Crippen LogP contribution in [0.3, 0.4) is 0 Å². The van der Waals surface area contributed by atoms with E-state index in [1.54, 1.807) is 22.7 Å². The van der Waals surface area contributed by atoms with Crippen LogP contribution in [0.25, 0.3) is 10.2 Å². The molecule has 3 nitrogen and oxygen atoms in total. The molecule has 7 heteroatoms. The molecule has 126 valence electrons. The van der Waals surface area contributed by atoms with Crippen LogP contribution in [0.4, 0.5) is 5.69 Å². The first-order valence-corrected chi connectivity index (χ1v) is 10.8. The molecule has 3 aromatic rings. The number of aromatic nitrogens is 1. The molecule has 3 aromatic heterocycles. The molecule has 0 amide bonds. The summed E-state index contributed by atoms with van der Waals surface area (Å²) in [7, 11) is 0. The minimum absolute atomic E-state index is 0.243. The van der Waals surface area contributed by atoms with Crippen molar-refractivity contribution >= 4 is 66.1 Å². The SMILES string of the molecule is N[C@@H]1CCC[C@H]1c1sc2c(NCc3cccs3)cc(Cl)nc2c1Br. The fraction of sp³-hybridized carbons (Fsp3) is 0.353. The predicted octanol–water partition coefficient (Wildman–Crippen LogP) is 5.98. The average Bonchev–Trinajstić information content (AvgIpc) is 3.27. The predicted molar refractivity (Wildman–Crippen MR) is 109 cm³/mol. The molecule has 0 aromatic carbocycles. The molecule has 24 heavy (non-hydrogen) atoms. The maximum atomic E-state index is 6.32. The summed E-state index contributed by atoms with van der Waals surface area (Å²) in [5.74, 6) is 0.419. The van der Waals surface area contributed by atoms with Crippen molar-refractivity contribution in [2.75, 3.05) is 5.32 Å². The van der Waals surface area contributed by atoms with Gasteiger partial charge in [-0.2, -0.15) is 0 Å². The van der Waals surface area contributed by atoms with E-state index >= 15 is 0 Å². The lowest BCUT2D eigenvalue weighted by Crippen LogP contribution is -2.22. The molecular formula is C17H17BrClN3S2. The van der Waals surface area contributed by atoms with E-state index in [9.17, 15) is 0 Å². The second-order valence-electron chi connectivity index (χ2n) is 6.08. The summed E-state index contributed by atoms with van der Waals surface area (Å²) in [4.78, 5) is 7.15. The van der Waals surface area contributed by atoms with Crippen molar-refractivity contribution in [3.05, 3.63) is 43.0 Å². The van der Waals surface area contributed by atoms with Crippen LogP contribution in [-0.4, -0.2) is 11.0 Å². The Morgan fingerprint density at radius 3 is 3.00 bits per heavy atom. The van der Waals surface area contributed by atoms with Crippen LogP contribution in [0.5, 0.6) is 0 Å². The minimum atomic E-state index is 0.243. The van der Waals surface area contributed by atoms with Crippen LogP contribution in [0, 0.1) is 0 Å². The molecule has 2 atom stereocenters. The van der Waals surface area contributed by atoms with E-state index in [1.165, 1.54) is 16.2 Å². The number of anilines is 1. The highest BCUT2D eigenvalue weighted by atomic mass is 79.9. The lowest BCUT2D eigenvalue weighted by Gasteiger charge is -2.13. The highest BCUT2D eigenvalue weighted by Crippen LogP contribution is 2.47. The van der Waals surface area contributed by atoms with Crippen LogP contribution in [0.1, 0.15) is 34.9 Å². The van der Waals surface area contributed by atoms with Gasteiger partial charge in [0.05, 0.1) is 20.4 Å². The van der Waals surface area contributed by atoms with Gasteiger partial charge in [0.15, 0.2) is 0 Å². The number of pyridine rings is 1. The van der Waals surface area contributed by atoms with E-state index in [0.717, 1.165) is 39.8 Å². The first kappa shape index (κ1) is 16.8. The Morgan fingerprint density at radius 1 is 1.42 bits per heavy atom. The van der Waals surface area contributed by atoms with Gasteiger partial charge in [-0.15, -0.1) is 22.7 Å². The van der Waals surface area contributed by atoms with E-state index in [4.69, 9.17) is 17.3 Å². The summed E-state index contributed by atoms with van der Waals surface area (Å²) >= 11 is 13.6. The number of nitrogens with zero attached hydrogens (tertiary/aromatic N) is 1. The zero-order valence-electron chi connectivity index (χ0n) is 12.9. The number of halogens is 2. The van der Waals surface area contributed by atoms with Crippen molar-refractivity contribution in [2.24, 2.45) is 5.73 Å². The molecular weight excluding hydrogens is 426 g/mol. The van der Waals surface area contributed by atoms with E-state index in [2.05, 4.69) is 43.7 Å². The topological polar surface area (TPSA) is 50.9 Å². The number of rotatable bonds is 4. The molecule has 1 aliphatic rings. The molecule has 0 bridgehead atoms. The standard InChI is InChI=1S/C17H17BrClN3S2/c18-14-15-17(24-16(14)10-4-1-5-11(10)20)12(7-13(19)22-15)21-8-9-3-2-6-23-9/h2-3,6-7,10-11H,1,4-5,8,20H2,(H,21,22)/t10-,11-/m1/s1. The number of nitrogens with one attached hydrogen (secondary N) is 1. The second-order valence-corrected chi connectivity index (χ2v) is 9.35. The fourth-order valence-corrected chi connectivity index (χ4v) is 6.43. The second kappa shape index (κ2) is 6.92. The normalized spacial score (nSPS) is 20.8. The van der Waals surface area contributed by atoms with Gasteiger partial charge in [-0.05, 0) is 40.2 Å². The zero-order chi connectivity index (χ0) is 16.7. The first-order valence-electron chi connectivity index (χ1n) is 7.93. The van der Waals surface area contributed by atoms with Gasteiger partial charge < -0.3 is 11.1 Å². The van der Waals surface area contributed by atoms with Crippen LogP contribution >= 0.6 is 50.2 Å². The summed E-state index contributed by atoms with van der Waals surface area (Å²) in [5, 5.41) is 6.12. The smallest absolute Gasteiger partial charge is 0.131 e. The Bertz CT molecular complexity index is 862. The van der Waals surface area contributed by atoms with Crippen LogP contribution < -0.4 is 11.1 Å². The van der Waals surface area contributed by atoms with E-state index in [-0.39, 0.29) is 6.04 Å². The van der Waals surface area contributed by atoms with E-state index in [1.807, 2.05) is 6.07 Å². The third-order valence-corrected chi connectivity index (χ3v) is 8.00. The van der Waals surface area contributed by atoms with Crippen molar-refractivity contribution in [1.29, 1.82) is 0 Å². The van der Waals surface area contributed by atoms with Gasteiger partial charge in [-0.3, -0.25) is 0 Å². The molecule has 1 aliphatic carbocycles. The molecule has 1 saturated carbocycles. The Labute approximate surface area is 162 Å². The Hall–Kier alpha value is -0.660. The number of hydrogen-bond donors (Lipinski definition) is 2. The molecule has 0 aliphatic heterocycles. The molecule has 0 spiro atoms. The molecule has 4 rings (SSSR count). The van der Waals surface area contributed by atoms with Crippen molar-refractivity contribution in [1.82, 2.24) is 4.98 Å². The monoisotopic (exact) mass is 441 g/mol. The van der Waals surface area contributed by atoms with Gasteiger partial charge in [0.2, 0.25) is 0 Å². The summed E-state index contributed by atoms with van der Waals surface area (Å²) in [6.07, 6.45) is 3.45. The van der Waals surface area contributed by atoms with Crippen molar-refractivity contribution in [2.45, 2.75) is 37.8 Å². The van der Waals surface area contributed by atoms with E-state index in [0.29, 0.717) is 11.1 Å². The first-order chi connectivity index (χ1) is 11.6. The molecule has 0 radical (unpaired) electrons. The maximum Gasteiger partial charge on any atom is 0.131 e. The third kappa shape index (κ3) is 3.10. The van der Waals surface area contributed by atoms with Crippen molar-refractivity contribution in [3.63, 3.8) is 0 Å². The van der Waals surface area contributed by atoms with E-state index < -0.39 is 0 Å². The minimum Gasteiger partial charge on any atom is -0.379 e.